The van der Waals surface area contributed by atoms with Crippen LogP contribution in [0.5, 0.6) is 0 Å². The molecule has 0 heterocycles. The molecule has 0 bridgehead atoms. The van der Waals surface area contributed by atoms with Crippen LogP contribution >= 0.6 is 0 Å². The van der Waals surface area contributed by atoms with Crippen LogP contribution in [0.4, 0.5) is 11.4 Å². The van der Waals surface area contributed by atoms with Crippen LogP contribution in [0.25, 0.3) is 0 Å². The first-order chi connectivity index (χ1) is 17.1. The number of hydrazone groups is 1. The Morgan fingerprint density at radius 2 is 1.47 bits per heavy atom. The predicted octanol–water partition coefficient (Wildman–Crippen LogP) is 4.80. The van der Waals surface area contributed by atoms with Crippen molar-refractivity contribution in [3.05, 3.63) is 89.0 Å². The van der Waals surface area contributed by atoms with Gasteiger partial charge in [-0.25, -0.2) is 13.8 Å². The van der Waals surface area contributed by atoms with Crippen LogP contribution in [-0.2, 0) is 14.8 Å². The Morgan fingerprint density at radius 3 is 2.06 bits per heavy atom. The van der Waals surface area contributed by atoms with Crippen molar-refractivity contribution in [3.8, 4) is 0 Å². The highest BCUT2D eigenvalue weighted by molar-refractivity contribution is 7.92. The van der Waals surface area contributed by atoms with Crippen LogP contribution in [0.1, 0.15) is 36.1 Å². The minimum absolute atomic E-state index is 0.121. The molecule has 0 aliphatic carbocycles. The van der Waals surface area contributed by atoms with Gasteiger partial charge in [-0.3, -0.25) is 9.10 Å². The summed E-state index contributed by atoms with van der Waals surface area (Å²) in [6.07, 6.45) is 1.54. The van der Waals surface area contributed by atoms with Crippen LogP contribution < -0.4 is 14.6 Å². The number of benzene rings is 3. The first-order valence-electron chi connectivity index (χ1n) is 12.0. The van der Waals surface area contributed by atoms with Crippen molar-refractivity contribution in [2.45, 2.75) is 39.5 Å². The van der Waals surface area contributed by atoms with Gasteiger partial charge in [0.1, 0.15) is 6.54 Å². The fraction of sp³-hybridized carbons (Fsp3) is 0.286. The third kappa shape index (κ3) is 6.51. The number of hydrogen-bond donors (Lipinski definition) is 1. The van der Waals surface area contributed by atoms with Gasteiger partial charge in [0.05, 0.1) is 16.8 Å². The highest BCUT2D eigenvalue weighted by Crippen LogP contribution is 2.26. The second-order valence-electron chi connectivity index (χ2n) is 8.65. The van der Waals surface area contributed by atoms with Crippen molar-refractivity contribution in [1.82, 2.24) is 5.43 Å². The van der Waals surface area contributed by atoms with Gasteiger partial charge in [0.15, 0.2) is 0 Å². The molecule has 0 spiro atoms. The Hall–Kier alpha value is -3.65. The van der Waals surface area contributed by atoms with Gasteiger partial charge < -0.3 is 4.90 Å². The summed E-state index contributed by atoms with van der Waals surface area (Å²) in [4.78, 5) is 15.1. The second kappa shape index (κ2) is 11.9. The number of nitrogens with one attached hydrogen (secondary N) is 1. The van der Waals surface area contributed by atoms with Gasteiger partial charge in [0, 0.05) is 18.8 Å². The summed E-state index contributed by atoms with van der Waals surface area (Å²) < 4.78 is 28.1. The van der Waals surface area contributed by atoms with E-state index in [0.717, 1.165) is 45.3 Å². The van der Waals surface area contributed by atoms with E-state index in [-0.39, 0.29) is 4.90 Å². The van der Waals surface area contributed by atoms with Crippen LogP contribution in [0.2, 0.25) is 0 Å². The van der Waals surface area contributed by atoms with Gasteiger partial charge in [0.25, 0.3) is 15.9 Å². The molecule has 0 saturated heterocycles. The first-order valence-corrected chi connectivity index (χ1v) is 13.4. The largest absolute Gasteiger partial charge is 0.372 e. The Bertz CT molecular complexity index is 1310. The summed E-state index contributed by atoms with van der Waals surface area (Å²) in [6, 6.07) is 19.8. The van der Waals surface area contributed by atoms with Crippen LogP contribution in [0.15, 0.2) is 76.7 Å². The molecule has 3 rings (SSSR count). The van der Waals surface area contributed by atoms with Crippen molar-refractivity contribution < 1.29 is 13.2 Å². The molecule has 3 aromatic carbocycles. The number of sulfonamides is 1. The smallest absolute Gasteiger partial charge is 0.264 e. The summed E-state index contributed by atoms with van der Waals surface area (Å²) in [6.45, 7) is 11.4. The van der Waals surface area contributed by atoms with Gasteiger partial charge in [-0.15, -0.1) is 0 Å². The first kappa shape index (κ1) is 26.9. The minimum atomic E-state index is -3.97. The number of aryl methyl sites for hydroxylation is 3. The summed E-state index contributed by atoms with van der Waals surface area (Å²) in [5.74, 6) is -0.542. The maximum Gasteiger partial charge on any atom is 0.264 e. The number of amides is 1. The van der Waals surface area contributed by atoms with Gasteiger partial charge in [-0.05, 0) is 87.7 Å². The Kier molecular flexibility index (Phi) is 8.88. The van der Waals surface area contributed by atoms with Crippen molar-refractivity contribution in [2.75, 3.05) is 28.8 Å². The molecular weight excluding hydrogens is 472 g/mol. The molecule has 0 radical (unpaired) electrons. The van der Waals surface area contributed by atoms with E-state index in [1.54, 1.807) is 42.6 Å². The highest BCUT2D eigenvalue weighted by atomic mass is 32.2. The lowest BCUT2D eigenvalue weighted by atomic mass is 10.1. The number of carbonyl (C=O) groups excluding carboxylic acids is 1. The fourth-order valence-electron chi connectivity index (χ4n) is 3.74. The van der Waals surface area contributed by atoms with E-state index in [9.17, 15) is 13.2 Å². The Balaban J connectivity index is 1.79. The van der Waals surface area contributed by atoms with E-state index < -0.39 is 22.5 Å². The van der Waals surface area contributed by atoms with Gasteiger partial charge in [-0.2, -0.15) is 5.10 Å². The molecule has 36 heavy (non-hydrogen) atoms. The third-order valence-corrected chi connectivity index (χ3v) is 7.89. The minimum Gasteiger partial charge on any atom is -0.372 e. The van der Waals surface area contributed by atoms with Crippen LogP contribution in [-0.4, -0.2) is 40.2 Å². The highest BCUT2D eigenvalue weighted by Gasteiger charge is 2.27. The molecule has 0 unspecified atom stereocenters. The van der Waals surface area contributed by atoms with E-state index in [1.165, 1.54) is 0 Å². The zero-order chi connectivity index (χ0) is 26.3. The number of anilines is 2. The van der Waals surface area contributed by atoms with E-state index in [0.29, 0.717) is 5.69 Å². The predicted molar refractivity (Wildman–Crippen MR) is 147 cm³/mol. The summed E-state index contributed by atoms with van der Waals surface area (Å²) in [7, 11) is -3.97. The van der Waals surface area contributed by atoms with Crippen LogP contribution in [0.3, 0.4) is 0 Å². The third-order valence-electron chi connectivity index (χ3n) is 6.10. The number of nitrogens with zero attached hydrogens (tertiary/aromatic N) is 3. The van der Waals surface area contributed by atoms with Crippen molar-refractivity contribution in [2.24, 2.45) is 5.10 Å². The van der Waals surface area contributed by atoms with Gasteiger partial charge in [0.2, 0.25) is 0 Å². The standard InChI is InChI=1S/C28H34N4O3S/c1-6-31(7-2)25-14-11-24(12-15-25)19-29-30-28(33)20-32(26-13-10-22(4)23(5)18-26)36(34,35)27-16-8-21(3)9-17-27/h8-19H,6-7,20H2,1-5H3,(H,30,33)/b29-19-. The molecule has 8 heteroatoms. The molecule has 0 fully saturated rings. The summed E-state index contributed by atoms with van der Waals surface area (Å²) in [5.41, 5.74) is 7.74. The van der Waals surface area contributed by atoms with Crippen molar-refractivity contribution >= 4 is 33.5 Å². The molecule has 1 amide bonds. The van der Waals surface area contributed by atoms with Gasteiger partial charge >= 0.3 is 0 Å². The second-order valence-corrected chi connectivity index (χ2v) is 10.5. The van der Waals surface area contributed by atoms with Crippen molar-refractivity contribution in [3.63, 3.8) is 0 Å². The molecule has 190 valence electrons. The van der Waals surface area contributed by atoms with E-state index in [4.69, 9.17) is 0 Å². The number of rotatable bonds is 10. The van der Waals surface area contributed by atoms with Crippen LogP contribution in [0, 0.1) is 20.8 Å². The zero-order valence-corrected chi connectivity index (χ0v) is 22.3. The summed E-state index contributed by atoms with van der Waals surface area (Å²) >= 11 is 0. The molecule has 0 saturated carbocycles. The zero-order valence-electron chi connectivity index (χ0n) is 21.5. The normalized spacial score (nSPS) is 11.5. The molecule has 3 aromatic rings. The molecule has 7 nitrogen and oxygen atoms in total. The maximum absolute atomic E-state index is 13.5. The van der Waals surface area contributed by atoms with E-state index >= 15 is 0 Å². The average Bonchev–Trinajstić information content (AvgIpc) is 2.86. The van der Waals surface area contributed by atoms with E-state index in [2.05, 4.69) is 29.3 Å². The van der Waals surface area contributed by atoms with Crippen molar-refractivity contribution in [1.29, 1.82) is 0 Å². The lowest BCUT2D eigenvalue weighted by molar-refractivity contribution is -0.119. The SMILES string of the molecule is CCN(CC)c1ccc(/C=N\NC(=O)CN(c2ccc(C)c(C)c2)S(=O)(=O)c2ccc(C)cc2)cc1. The quantitative estimate of drug-likeness (QED) is 0.316. The molecule has 0 aliphatic heterocycles. The fourth-order valence-corrected chi connectivity index (χ4v) is 5.15. The van der Waals surface area contributed by atoms with E-state index in [1.807, 2.05) is 51.1 Å². The van der Waals surface area contributed by atoms with Gasteiger partial charge in [-0.1, -0.05) is 35.9 Å². The Morgan fingerprint density at radius 1 is 0.861 bits per heavy atom. The number of carbonyl (C=O) groups is 1. The maximum atomic E-state index is 13.5. The Labute approximate surface area is 214 Å². The monoisotopic (exact) mass is 506 g/mol. The molecule has 0 aromatic heterocycles. The average molecular weight is 507 g/mol. The lowest BCUT2D eigenvalue weighted by Gasteiger charge is -2.24. The molecule has 0 aliphatic rings. The topological polar surface area (TPSA) is 82.1 Å². The number of hydrogen-bond acceptors (Lipinski definition) is 5. The molecule has 0 atom stereocenters. The molecule has 1 N–H and O–H groups in total. The molecular formula is C28H34N4O3S. The lowest BCUT2D eigenvalue weighted by Crippen LogP contribution is -2.39. The summed E-state index contributed by atoms with van der Waals surface area (Å²) in [5, 5.41) is 4.04.